The Bertz CT molecular complexity index is 635. The zero-order valence-corrected chi connectivity index (χ0v) is 14.0. The van der Waals surface area contributed by atoms with Gasteiger partial charge in [0.1, 0.15) is 0 Å². The molecular formula is C21H23NO2. The molecule has 1 aliphatic heterocycles. The Hall–Kier alpha value is -2.26. The highest BCUT2D eigenvalue weighted by molar-refractivity contribution is 5.97. The van der Waals surface area contributed by atoms with Gasteiger partial charge in [0.25, 0.3) is 0 Å². The van der Waals surface area contributed by atoms with E-state index in [1.165, 1.54) is 0 Å². The van der Waals surface area contributed by atoms with Crippen LogP contribution in [0, 0.1) is 0 Å². The largest absolute Gasteiger partial charge is 0.300 e. The number of rotatable bonds is 6. The first-order chi connectivity index (χ1) is 11.6. The monoisotopic (exact) mass is 321 g/mol. The normalized spacial score (nSPS) is 20.9. The van der Waals surface area contributed by atoms with Gasteiger partial charge >= 0.3 is 0 Å². The molecule has 0 unspecified atom stereocenters. The summed E-state index contributed by atoms with van der Waals surface area (Å²) in [4.78, 5) is 27.0. The van der Waals surface area contributed by atoms with Crippen molar-refractivity contribution in [1.82, 2.24) is 4.90 Å². The van der Waals surface area contributed by atoms with Gasteiger partial charge in [0, 0.05) is 36.1 Å². The van der Waals surface area contributed by atoms with Gasteiger partial charge in [-0.1, -0.05) is 60.7 Å². The first-order valence-electron chi connectivity index (χ1n) is 8.53. The molecule has 1 aliphatic rings. The van der Waals surface area contributed by atoms with E-state index < -0.39 is 0 Å². The van der Waals surface area contributed by atoms with Crippen LogP contribution in [0.5, 0.6) is 0 Å². The van der Waals surface area contributed by atoms with E-state index in [0.29, 0.717) is 12.8 Å². The Labute approximate surface area is 143 Å². The van der Waals surface area contributed by atoms with Crippen LogP contribution in [0.3, 0.4) is 0 Å². The fourth-order valence-corrected chi connectivity index (χ4v) is 3.49. The molecule has 3 heteroatoms. The highest BCUT2D eigenvalue weighted by Gasteiger charge is 2.33. The molecule has 0 N–H and O–H groups in total. The van der Waals surface area contributed by atoms with Crippen LogP contribution in [0.15, 0.2) is 60.7 Å². The van der Waals surface area contributed by atoms with Crippen LogP contribution < -0.4 is 0 Å². The first-order valence-corrected chi connectivity index (χ1v) is 8.53. The lowest BCUT2D eigenvalue weighted by molar-refractivity contribution is 0.0913. The van der Waals surface area contributed by atoms with E-state index in [2.05, 4.69) is 4.90 Å². The summed E-state index contributed by atoms with van der Waals surface area (Å²) in [5.74, 6) is 0.366. The standard InChI is InChI=1S/C21H23NO2/c1-22-18(14-20(23)16-8-4-2-5-9-16)12-13-19(22)15-21(24)17-10-6-3-7-11-17/h2-11,18-19H,12-15H2,1H3/t18-,19+. The van der Waals surface area contributed by atoms with Crippen molar-refractivity contribution < 1.29 is 9.59 Å². The van der Waals surface area contributed by atoms with Crippen molar-refractivity contribution in [1.29, 1.82) is 0 Å². The Morgan fingerprint density at radius 3 is 1.54 bits per heavy atom. The van der Waals surface area contributed by atoms with Gasteiger partial charge in [-0.15, -0.1) is 0 Å². The van der Waals surface area contributed by atoms with Crippen LogP contribution in [-0.2, 0) is 0 Å². The molecule has 1 fully saturated rings. The number of nitrogens with zero attached hydrogens (tertiary/aromatic N) is 1. The fraction of sp³-hybridized carbons (Fsp3) is 0.333. The number of hydrogen-bond acceptors (Lipinski definition) is 3. The average molecular weight is 321 g/mol. The number of carbonyl (C=O) groups excluding carboxylic acids is 2. The van der Waals surface area contributed by atoms with Crippen LogP contribution in [0.25, 0.3) is 0 Å². The molecule has 0 radical (unpaired) electrons. The highest BCUT2D eigenvalue weighted by atomic mass is 16.1. The number of Topliss-reactive ketones (excluding diaryl/α,β-unsaturated/α-hetero) is 2. The van der Waals surface area contributed by atoms with E-state index in [1.54, 1.807) is 0 Å². The molecule has 3 nitrogen and oxygen atoms in total. The minimum atomic E-state index is 0.183. The van der Waals surface area contributed by atoms with E-state index >= 15 is 0 Å². The number of ketones is 2. The van der Waals surface area contributed by atoms with Gasteiger partial charge in [0.15, 0.2) is 11.6 Å². The van der Waals surface area contributed by atoms with Crippen molar-refractivity contribution in [2.45, 2.75) is 37.8 Å². The molecule has 24 heavy (non-hydrogen) atoms. The molecule has 3 rings (SSSR count). The molecule has 0 saturated carbocycles. The molecule has 2 atom stereocenters. The van der Waals surface area contributed by atoms with E-state index in [0.717, 1.165) is 24.0 Å². The molecule has 2 aromatic carbocycles. The molecule has 124 valence electrons. The van der Waals surface area contributed by atoms with E-state index in [1.807, 2.05) is 67.7 Å². The number of carbonyl (C=O) groups is 2. The number of likely N-dealkylation sites (tertiary alicyclic amines) is 1. The van der Waals surface area contributed by atoms with Gasteiger partial charge in [-0.05, 0) is 19.9 Å². The Morgan fingerprint density at radius 1 is 0.792 bits per heavy atom. The van der Waals surface area contributed by atoms with Crippen molar-refractivity contribution in [3.63, 3.8) is 0 Å². The average Bonchev–Trinajstić information content (AvgIpc) is 2.96. The third kappa shape index (κ3) is 3.80. The maximum atomic E-state index is 12.4. The lowest BCUT2D eigenvalue weighted by atomic mass is 10.0. The topological polar surface area (TPSA) is 37.4 Å². The third-order valence-electron chi connectivity index (χ3n) is 5.02. The molecular weight excluding hydrogens is 298 g/mol. The molecule has 0 amide bonds. The van der Waals surface area contributed by atoms with Gasteiger partial charge in [-0.2, -0.15) is 0 Å². The lowest BCUT2D eigenvalue weighted by Crippen LogP contribution is -2.35. The summed E-state index contributed by atoms with van der Waals surface area (Å²) in [6.07, 6.45) is 3.00. The first kappa shape index (κ1) is 16.6. The smallest absolute Gasteiger partial charge is 0.164 e. The van der Waals surface area contributed by atoms with Crippen LogP contribution in [0.2, 0.25) is 0 Å². The summed E-state index contributed by atoms with van der Waals surface area (Å²) in [6, 6.07) is 19.4. The van der Waals surface area contributed by atoms with E-state index in [4.69, 9.17) is 0 Å². The quantitative estimate of drug-likeness (QED) is 0.755. The summed E-state index contributed by atoms with van der Waals surface area (Å²) < 4.78 is 0. The Balaban J connectivity index is 1.58. The minimum Gasteiger partial charge on any atom is -0.300 e. The minimum absolute atomic E-state index is 0.183. The Kier molecular flexibility index (Phi) is 5.21. The van der Waals surface area contributed by atoms with E-state index in [9.17, 15) is 9.59 Å². The second-order valence-electron chi connectivity index (χ2n) is 6.54. The molecule has 0 aromatic heterocycles. The maximum absolute atomic E-state index is 12.4. The van der Waals surface area contributed by atoms with Crippen molar-refractivity contribution in [3.8, 4) is 0 Å². The summed E-state index contributed by atoms with van der Waals surface area (Å²) in [5.41, 5.74) is 1.55. The second kappa shape index (κ2) is 7.54. The van der Waals surface area contributed by atoms with Crippen molar-refractivity contribution in [3.05, 3.63) is 71.8 Å². The Morgan fingerprint density at radius 2 is 1.17 bits per heavy atom. The third-order valence-corrected chi connectivity index (χ3v) is 5.02. The molecule has 0 spiro atoms. The van der Waals surface area contributed by atoms with Crippen LogP contribution >= 0.6 is 0 Å². The molecule has 0 bridgehead atoms. The highest BCUT2D eigenvalue weighted by Crippen LogP contribution is 2.28. The molecule has 2 aromatic rings. The molecule has 1 heterocycles. The summed E-state index contributed by atoms with van der Waals surface area (Å²) in [5, 5.41) is 0. The SMILES string of the molecule is CN1[C@@H](CC(=O)c2ccccc2)CC[C@H]1CC(=O)c1ccccc1. The van der Waals surface area contributed by atoms with Crippen LogP contribution in [-0.4, -0.2) is 35.6 Å². The van der Waals surface area contributed by atoms with Crippen LogP contribution in [0.1, 0.15) is 46.4 Å². The van der Waals surface area contributed by atoms with Crippen molar-refractivity contribution >= 4 is 11.6 Å². The predicted octanol–water partition coefficient (Wildman–Crippen LogP) is 4.00. The van der Waals surface area contributed by atoms with Gasteiger partial charge in [-0.25, -0.2) is 0 Å². The predicted molar refractivity (Wildman–Crippen MR) is 95.4 cm³/mol. The van der Waals surface area contributed by atoms with E-state index in [-0.39, 0.29) is 23.7 Å². The molecule has 0 aliphatic carbocycles. The van der Waals surface area contributed by atoms with Gasteiger partial charge in [0.2, 0.25) is 0 Å². The number of benzene rings is 2. The summed E-state index contributed by atoms with van der Waals surface area (Å²) in [7, 11) is 2.04. The summed E-state index contributed by atoms with van der Waals surface area (Å²) in [6.45, 7) is 0. The second-order valence-corrected chi connectivity index (χ2v) is 6.54. The van der Waals surface area contributed by atoms with Crippen molar-refractivity contribution in [2.75, 3.05) is 7.05 Å². The molecule has 1 saturated heterocycles. The van der Waals surface area contributed by atoms with Gasteiger partial charge in [0.05, 0.1) is 0 Å². The zero-order valence-electron chi connectivity index (χ0n) is 14.0. The van der Waals surface area contributed by atoms with Crippen molar-refractivity contribution in [2.24, 2.45) is 0 Å². The van der Waals surface area contributed by atoms with Crippen LogP contribution in [0.4, 0.5) is 0 Å². The zero-order chi connectivity index (χ0) is 16.9. The number of hydrogen-bond donors (Lipinski definition) is 0. The lowest BCUT2D eigenvalue weighted by Gasteiger charge is -2.25. The fourth-order valence-electron chi connectivity index (χ4n) is 3.49. The summed E-state index contributed by atoms with van der Waals surface area (Å²) >= 11 is 0. The van der Waals surface area contributed by atoms with Gasteiger partial charge in [-0.3, -0.25) is 14.5 Å². The maximum Gasteiger partial charge on any atom is 0.164 e. The van der Waals surface area contributed by atoms with Gasteiger partial charge < -0.3 is 0 Å².